The van der Waals surface area contributed by atoms with Crippen molar-refractivity contribution >= 4 is 23.7 Å². The minimum absolute atomic E-state index is 0.0971. The number of carbonyl (C=O) groups is 2. The summed E-state index contributed by atoms with van der Waals surface area (Å²) < 4.78 is 21.5. The first-order valence-electron chi connectivity index (χ1n) is 8.14. The molecule has 1 aliphatic rings. The summed E-state index contributed by atoms with van der Waals surface area (Å²) in [6, 6.07) is 9.66. The van der Waals surface area contributed by atoms with Crippen LogP contribution in [0, 0.1) is 5.41 Å². The van der Waals surface area contributed by atoms with Crippen molar-refractivity contribution in [2.24, 2.45) is 5.41 Å². The van der Waals surface area contributed by atoms with Crippen molar-refractivity contribution in [1.82, 2.24) is 0 Å². The molecule has 2 rings (SSSR count). The first kappa shape index (κ1) is 19.8. The molecular weight excluding hydrogens is 344 g/mol. The van der Waals surface area contributed by atoms with E-state index in [4.69, 9.17) is 18.9 Å². The molecule has 1 fully saturated rings. The lowest BCUT2D eigenvalue weighted by Gasteiger charge is -2.27. The molecule has 0 aliphatic carbocycles. The number of ether oxygens (including phenoxy) is 4. The third kappa shape index (κ3) is 4.34. The van der Waals surface area contributed by atoms with Gasteiger partial charge in [0.1, 0.15) is 11.5 Å². The highest BCUT2D eigenvalue weighted by Gasteiger charge is 2.61. The molecule has 1 aromatic carbocycles. The van der Waals surface area contributed by atoms with Crippen molar-refractivity contribution in [2.75, 3.05) is 26.6 Å². The number of rotatable bonds is 8. The van der Waals surface area contributed by atoms with E-state index in [1.165, 1.54) is 26.0 Å². The van der Waals surface area contributed by atoms with Crippen LogP contribution in [0.1, 0.15) is 18.9 Å². The lowest BCUT2D eigenvalue weighted by molar-refractivity contribution is -0.176. The fourth-order valence-electron chi connectivity index (χ4n) is 2.94. The van der Waals surface area contributed by atoms with Gasteiger partial charge in [0.25, 0.3) is 0 Å². The largest absolute Gasteiger partial charge is 0.468 e. The minimum Gasteiger partial charge on any atom is -0.468 e. The summed E-state index contributed by atoms with van der Waals surface area (Å²) in [5.74, 6) is -0.487. The van der Waals surface area contributed by atoms with Crippen molar-refractivity contribution in [3.05, 3.63) is 35.9 Å². The predicted molar refractivity (Wildman–Crippen MR) is 94.0 cm³/mol. The van der Waals surface area contributed by atoms with E-state index < -0.39 is 23.5 Å². The van der Waals surface area contributed by atoms with Crippen LogP contribution in [0.4, 0.5) is 0 Å². The molecule has 0 N–H and O–H groups in total. The van der Waals surface area contributed by atoms with Gasteiger partial charge in [-0.3, -0.25) is 9.59 Å². The average molecular weight is 368 g/mol. The number of carbonyl (C=O) groups excluding carboxylic acids is 2. The van der Waals surface area contributed by atoms with E-state index in [0.717, 1.165) is 11.3 Å². The van der Waals surface area contributed by atoms with E-state index in [9.17, 15) is 9.59 Å². The van der Waals surface area contributed by atoms with E-state index >= 15 is 0 Å². The van der Waals surface area contributed by atoms with Crippen LogP contribution in [0.3, 0.4) is 0 Å². The van der Waals surface area contributed by atoms with Crippen molar-refractivity contribution in [2.45, 2.75) is 31.5 Å². The Morgan fingerprint density at radius 2 is 1.84 bits per heavy atom. The van der Waals surface area contributed by atoms with Crippen molar-refractivity contribution < 1.29 is 28.5 Å². The van der Waals surface area contributed by atoms with Gasteiger partial charge in [0.05, 0.1) is 27.4 Å². The number of hydrogen-bond acceptors (Lipinski definition) is 7. The maximum atomic E-state index is 12.5. The lowest BCUT2D eigenvalue weighted by Crippen LogP contribution is -2.49. The summed E-state index contributed by atoms with van der Waals surface area (Å²) in [6.07, 6.45) is -0.537. The second-order valence-electron chi connectivity index (χ2n) is 5.67. The fraction of sp³-hybridized carbons (Fsp3) is 0.556. The van der Waals surface area contributed by atoms with Crippen LogP contribution in [0.5, 0.6) is 0 Å². The zero-order valence-corrected chi connectivity index (χ0v) is 15.5. The highest BCUT2D eigenvalue weighted by molar-refractivity contribution is 7.99. The molecule has 1 unspecified atom stereocenters. The molecule has 0 saturated carbocycles. The Labute approximate surface area is 152 Å². The molecule has 7 heteroatoms. The van der Waals surface area contributed by atoms with Gasteiger partial charge in [0.2, 0.25) is 0 Å². The van der Waals surface area contributed by atoms with E-state index in [2.05, 4.69) is 0 Å². The number of benzene rings is 1. The Morgan fingerprint density at radius 3 is 2.40 bits per heavy atom. The van der Waals surface area contributed by atoms with Crippen molar-refractivity contribution in [1.29, 1.82) is 0 Å². The molecule has 2 atom stereocenters. The fourth-order valence-corrected chi connectivity index (χ4v) is 3.91. The van der Waals surface area contributed by atoms with Crippen LogP contribution in [0.15, 0.2) is 30.3 Å². The Kier molecular flexibility index (Phi) is 7.28. The SMILES string of the molecule is CCSC1CC(C(=O)OC)(C(=O)OC)[C@@H](COCc2ccccc2)O1. The highest BCUT2D eigenvalue weighted by Crippen LogP contribution is 2.44. The van der Waals surface area contributed by atoms with Crippen LogP contribution in [0.25, 0.3) is 0 Å². The molecule has 25 heavy (non-hydrogen) atoms. The zero-order chi connectivity index (χ0) is 18.3. The van der Waals surface area contributed by atoms with Gasteiger partial charge in [-0.05, 0) is 11.3 Å². The van der Waals surface area contributed by atoms with Gasteiger partial charge in [-0.15, -0.1) is 11.8 Å². The minimum atomic E-state index is -1.49. The summed E-state index contributed by atoms with van der Waals surface area (Å²) in [7, 11) is 2.52. The van der Waals surface area contributed by atoms with Gasteiger partial charge in [0.15, 0.2) is 5.41 Å². The molecule has 6 nitrogen and oxygen atoms in total. The van der Waals surface area contributed by atoms with Gasteiger partial charge in [-0.25, -0.2) is 0 Å². The van der Waals surface area contributed by atoms with Gasteiger partial charge < -0.3 is 18.9 Å². The second kappa shape index (κ2) is 9.22. The average Bonchev–Trinajstić information content (AvgIpc) is 3.01. The molecule has 0 spiro atoms. The first-order chi connectivity index (χ1) is 12.1. The van der Waals surface area contributed by atoms with Gasteiger partial charge in [0, 0.05) is 6.42 Å². The van der Waals surface area contributed by atoms with Crippen molar-refractivity contribution in [3.8, 4) is 0 Å². The van der Waals surface area contributed by atoms with E-state index in [0.29, 0.717) is 6.61 Å². The van der Waals surface area contributed by atoms with Gasteiger partial charge in [-0.1, -0.05) is 37.3 Å². The van der Waals surface area contributed by atoms with E-state index in [1.54, 1.807) is 0 Å². The molecule has 1 aromatic rings. The van der Waals surface area contributed by atoms with Crippen LogP contribution in [0.2, 0.25) is 0 Å². The Bertz CT molecular complexity index is 560. The molecule has 0 radical (unpaired) electrons. The molecule has 1 heterocycles. The quantitative estimate of drug-likeness (QED) is 0.515. The molecule has 1 aliphatic heterocycles. The normalized spacial score (nSPS) is 21.7. The Balaban J connectivity index is 2.14. The van der Waals surface area contributed by atoms with Gasteiger partial charge in [-0.2, -0.15) is 0 Å². The molecule has 0 bridgehead atoms. The molecular formula is C18H24O6S. The summed E-state index contributed by atoms with van der Waals surface area (Å²) >= 11 is 1.54. The molecule has 0 amide bonds. The zero-order valence-electron chi connectivity index (χ0n) is 14.7. The first-order valence-corrected chi connectivity index (χ1v) is 9.18. The Morgan fingerprint density at radius 1 is 1.20 bits per heavy atom. The molecule has 138 valence electrons. The highest BCUT2D eigenvalue weighted by atomic mass is 32.2. The van der Waals surface area contributed by atoms with Crippen LogP contribution in [-0.2, 0) is 35.1 Å². The third-order valence-corrected chi connectivity index (χ3v) is 5.17. The molecule has 0 aromatic heterocycles. The standard InChI is InChI=1S/C18H24O6S/c1-4-25-15-10-18(16(19)21-2,17(20)22-3)14(24-15)12-23-11-13-8-6-5-7-9-13/h5-9,14-15H,4,10-12H2,1-3H3/t14-,15?/m1/s1. The maximum Gasteiger partial charge on any atom is 0.326 e. The van der Waals surface area contributed by atoms with Crippen LogP contribution in [-0.4, -0.2) is 50.1 Å². The predicted octanol–water partition coefficient (Wildman–Crippen LogP) is 2.40. The maximum absolute atomic E-state index is 12.5. The van der Waals surface area contributed by atoms with Gasteiger partial charge >= 0.3 is 11.9 Å². The molecule has 1 saturated heterocycles. The number of thioether (sulfide) groups is 1. The number of methoxy groups -OCH3 is 2. The monoisotopic (exact) mass is 368 g/mol. The summed E-state index contributed by atoms with van der Waals surface area (Å²) in [4.78, 5) is 24.9. The summed E-state index contributed by atoms with van der Waals surface area (Å²) in [5.41, 5.74) is -0.775. The second-order valence-corrected chi connectivity index (χ2v) is 7.11. The number of esters is 2. The topological polar surface area (TPSA) is 71.1 Å². The summed E-state index contributed by atoms with van der Waals surface area (Å²) in [6.45, 7) is 2.45. The number of hydrogen-bond donors (Lipinski definition) is 0. The van der Waals surface area contributed by atoms with Crippen molar-refractivity contribution in [3.63, 3.8) is 0 Å². The lowest BCUT2D eigenvalue weighted by atomic mass is 9.81. The Hall–Kier alpha value is -1.57. The smallest absolute Gasteiger partial charge is 0.326 e. The summed E-state index contributed by atoms with van der Waals surface area (Å²) in [5, 5.41) is 0. The van der Waals surface area contributed by atoms with Crippen LogP contribution >= 0.6 is 11.8 Å². The third-order valence-electron chi connectivity index (χ3n) is 4.19. The van der Waals surface area contributed by atoms with E-state index in [-0.39, 0.29) is 18.5 Å². The van der Waals surface area contributed by atoms with E-state index in [1.807, 2.05) is 37.3 Å². The van der Waals surface area contributed by atoms with Crippen LogP contribution < -0.4 is 0 Å².